The van der Waals surface area contributed by atoms with Crippen molar-refractivity contribution in [2.24, 2.45) is 20.5 Å². The van der Waals surface area contributed by atoms with Crippen LogP contribution in [0.1, 0.15) is 36.1 Å². The van der Waals surface area contributed by atoms with Crippen molar-refractivity contribution in [1.82, 2.24) is 0 Å². The van der Waals surface area contributed by atoms with E-state index in [9.17, 15) is 46.2 Å². The van der Waals surface area contributed by atoms with Crippen LogP contribution in [0.15, 0.2) is 105 Å². The van der Waals surface area contributed by atoms with Crippen LogP contribution in [-0.4, -0.2) is 61.9 Å². The van der Waals surface area contributed by atoms with E-state index in [4.69, 9.17) is 10.3 Å². The minimum absolute atomic E-state index is 0. The third-order valence-corrected chi connectivity index (χ3v) is 9.58. The normalized spacial score (nSPS) is 14.1. The van der Waals surface area contributed by atoms with E-state index >= 15 is 0 Å². The molecule has 0 saturated heterocycles. The molecule has 4 aromatic rings. The van der Waals surface area contributed by atoms with Crippen LogP contribution in [0.25, 0.3) is 12.2 Å². The van der Waals surface area contributed by atoms with Gasteiger partial charge in [-0.3, -0.25) is 30.0 Å². The van der Waals surface area contributed by atoms with Crippen LogP contribution < -0.4 is 50.6 Å². The van der Waals surface area contributed by atoms with Gasteiger partial charge in [0.2, 0.25) is 43.4 Å². The van der Waals surface area contributed by atoms with E-state index < -0.39 is 31.6 Å². The van der Waals surface area contributed by atoms with Crippen LogP contribution in [0.4, 0.5) is 22.7 Å². The maximum absolute atomic E-state index is 12.4. The molecule has 0 bridgehead atoms. The van der Waals surface area contributed by atoms with Crippen LogP contribution >= 0.6 is 0 Å². The number of ketones is 2. The summed E-state index contributed by atoms with van der Waals surface area (Å²) in [5.74, 6) is -2.07. The Kier molecular flexibility index (Phi) is 15.3. The molecule has 2 amide bonds. The monoisotopic (exact) mass is 859 g/mol. The van der Waals surface area contributed by atoms with Crippen molar-refractivity contribution >= 4 is 89.8 Å². The number of hydrazone groups is 2. The number of hydrogen-bond donors (Lipinski definition) is 8. The molecule has 2 aliphatic rings. The Labute approximate surface area is 354 Å². The number of nitrogens with zero attached hydrogens (tertiary/aromatic N) is 2. The van der Waals surface area contributed by atoms with Crippen molar-refractivity contribution in [3.8, 4) is 11.5 Å². The van der Waals surface area contributed by atoms with Crippen LogP contribution in [0, 0.1) is 0 Å². The topological polar surface area (TPSA) is 302 Å². The van der Waals surface area contributed by atoms with E-state index in [0.717, 1.165) is 36.4 Å². The fourth-order valence-corrected chi connectivity index (χ4v) is 6.37. The second kappa shape index (κ2) is 19.0. The van der Waals surface area contributed by atoms with Gasteiger partial charge in [0.05, 0.1) is 32.5 Å². The summed E-state index contributed by atoms with van der Waals surface area (Å²) in [6.45, 7) is 2.68. The van der Waals surface area contributed by atoms with Crippen LogP contribution in [0.5, 0.6) is 11.5 Å². The van der Waals surface area contributed by atoms with Gasteiger partial charge in [-0.1, -0.05) is 36.4 Å². The van der Waals surface area contributed by atoms with E-state index in [1.165, 1.54) is 26.0 Å². The number of carbonyl (C=O) groups excluding carboxylic acids is 4. The van der Waals surface area contributed by atoms with Gasteiger partial charge in [-0.25, -0.2) is 27.1 Å². The number of anilines is 4. The minimum atomic E-state index is -3.99. The second-order valence-corrected chi connectivity index (χ2v) is 15.0. The standard InChI is InChI=1S/2C18H16N4O5S.Cr.Li/c2*1-10(23)20-13-4-2-3-11-5-7-16(25)18(17(11)13)22-21-14-9-12(28(19,26)27)6-8-15(14)24;;/h2*2-9,21,24H,1H3,(H,20,23)(H2,19,26,27);;/q;;;+1/b2*22-18+;;. The Morgan fingerprint density at radius 2 is 0.948 bits per heavy atom. The summed E-state index contributed by atoms with van der Waals surface area (Å²) in [6.07, 6.45) is 5.84. The SMILES string of the molecule is CC(=O)Nc1cccc2c1/C(=N/Nc1cc(S(N)(=O)=O)ccc1O)C(=O)C=C2.CC(=O)Nc1cccc2c1/C(=N/Nc1cc(S(N)(=O)=O)ccc1O)C(=O)C=C2.[Cr].[Li+]. The molecule has 0 aliphatic heterocycles. The van der Waals surface area contributed by atoms with Crippen molar-refractivity contribution in [1.29, 1.82) is 0 Å². The minimum Gasteiger partial charge on any atom is -0.506 e. The molecular weight excluding hydrogens is 828 g/mol. The number of aromatic hydroxyl groups is 2. The number of carbonyl (C=O) groups is 4. The molecule has 4 aromatic carbocycles. The van der Waals surface area contributed by atoms with Crippen LogP contribution in [0.2, 0.25) is 0 Å². The molecule has 18 nitrogen and oxygen atoms in total. The van der Waals surface area contributed by atoms with Crippen molar-refractivity contribution in [3.05, 3.63) is 107 Å². The Hall–Kier alpha value is -5.87. The molecule has 10 N–H and O–H groups in total. The summed E-state index contributed by atoms with van der Waals surface area (Å²) in [7, 11) is -7.98. The maximum Gasteiger partial charge on any atom is 1.00 e. The molecule has 22 heteroatoms. The van der Waals surface area contributed by atoms with E-state index in [1.54, 1.807) is 48.6 Å². The molecule has 6 rings (SSSR count). The molecule has 0 heterocycles. The Morgan fingerprint density at radius 3 is 1.28 bits per heavy atom. The summed E-state index contributed by atoms with van der Waals surface area (Å²) in [5, 5.41) is 43.4. The Morgan fingerprint density at radius 1 is 0.586 bits per heavy atom. The first-order valence-corrected chi connectivity index (χ1v) is 19.1. The van der Waals surface area contributed by atoms with Gasteiger partial charge in [0.25, 0.3) is 0 Å². The number of phenols is 2. The number of phenolic OH excluding ortho intramolecular Hbond substituents is 2. The van der Waals surface area contributed by atoms with Gasteiger partial charge in [0.1, 0.15) is 22.9 Å². The van der Waals surface area contributed by atoms with Crippen molar-refractivity contribution in [2.45, 2.75) is 23.6 Å². The smallest absolute Gasteiger partial charge is 0.506 e. The molecule has 0 aromatic heterocycles. The maximum atomic E-state index is 12.4. The summed E-state index contributed by atoms with van der Waals surface area (Å²) in [4.78, 5) is 47.2. The molecule has 2 aliphatic carbocycles. The summed E-state index contributed by atoms with van der Waals surface area (Å²) >= 11 is 0. The first kappa shape index (κ1) is 46.5. The van der Waals surface area contributed by atoms with Crippen molar-refractivity contribution in [3.63, 3.8) is 0 Å². The molecule has 0 saturated carbocycles. The molecule has 0 radical (unpaired) electrons. The number of sulfonamides is 2. The summed E-state index contributed by atoms with van der Waals surface area (Å²) in [5.41, 5.74) is 7.78. The third kappa shape index (κ3) is 11.2. The molecule has 0 fully saturated rings. The predicted molar refractivity (Wildman–Crippen MR) is 209 cm³/mol. The number of amides is 2. The zero-order valence-electron chi connectivity index (χ0n) is 30.7. The number of nitrogens with one attached hydrogen (secondary N) is 4. The predicted octanol–water partition coefficient (Wildman–Crippen LogP) is -0.178. The van der Waals surface area contributed by atoms with Gasteiger partial charge in [0, 0.05) is 42.3 Å². The van der Waals surface area contributed by atoms with Crippen molar-refractivity contribution in [2.75, 3.05) is 21.5 Å². The molecule has 294 valence electrons. The Bertz CT molecular complexity index is 2500. The average molecular weight is 860 g/mol. The van der Waals surface area contributed by atoms with Crippen molar-refractivity contribution < 1.29 is 82.4 Å². The van der Waals surface area contributed by atoms with Gasteiger partial charge in [-0.2, -0.15) is 10.2 Å². The van der Waals surface area contributed by atoms with Gasteiger partial charge in [-0.15, -0.1) is 0 Å². The first-order valence-electron chi connectivity index (χ1n) is 16.0. The summed E-state index contributed by atoms with van der Waals surface area (Å²) in [6, 6.07) is 16.9. The number of nitrogens with two attached hydrogens (primary N) is 2. The largest absolute Gasteiger partial charge is 1.00 e. The number of benzene rings is 4. The fraction of sp³-hybridized carbons (Fsp3) is 0.0556. The van der Waals surface area contributed by atoms with E-state index in [1.807, 2.05) is 0 Å². The van der Waals surface area contributed by atoms with E-state index in [2.05, 4.69) is 31.7 Å². The van der Waals surface area contributed by atoms with Crippen LogP contribution in [0.3, 0.4) is 0 Å². The number of allylic oxidation sites excluding steroid dienone is 2. The first-order chi connectivity index (χ1) is 26.3. The third-order valence-electron chi connectivity index (χ3n) is 7.75. The second-order valence-electron chi connectivity index (χ2n) is 11.9. The van der Waals surface area contributed by atoms with E-state index in [-0.39, 0.29) is 92.1 Å². The van der Waals surface area contributed by atoms with Gasteiger partial charge >= 0.3 is 18.9 Å². The van der Waals surface area contributed by atoms with Gasteiger partial charge in [-0.05, 0) is 71.8 Å². The zero-order chi connectivity index (χ0) is 40.9. The number of fused-ring (bicyclic) bond motifs is 2. The molecular formula is C36H32CrLiN8O10S2+. The number of primary sulfonamides is 2. The quantitative estimate of drug-likeness (QED) is 0.0651. The molecule has 0 atom stereocenters. The Balaban J connectivity index is 0.000000300. The molecule has 58 heavy (non-hydrogen) atoms. The number of hydrogen-bond acceptors (Lipinski definition) is 14. The number of rotatable bonds is 8. The average Bonchev–Trinajstić information content (AvgIpc) is 3.11. The van der Waals surface area contributed by atoms with Gasteiger partial charge < -0.3 is 20.8 Å². The van der Waals surface area contributed by atoms with Gasteiger partial charge in [0.15, 0.2) is 0 Å². The van der Waals surface area contributed by atoms with E-state index in [0.29, 0.717) is 33.6 Å². The molecule has 0 spiro atoms. The van der Waals surface area contributed by atoms with Crippen LogP contribution in [-0.2, 0) is 56.6 Å². The molecule has 0 unspecified atom stereocenters. The zero-order valence-corrected chi connectivity index (χ0v) is 33.6. The fourth-order valence-electron chi connectivity index (χ4n) is 5.29. The summed E-state index contributed by atoms with van der Waals surface area (Å²) < 4.78 is 46.0.